The lowest BCUT2D eigenvalue weighted by molar-refractivity contribution is 0.347. The molecule has 1 atom stereocenters. The summed E-state index contributed by atoms with van der Waals surface area (Å²) in [7, 11) is 0. The molecule has 0 bridgehead atoms. The maximum absolute atomic E-state index is 4.30. The van der Waals surface area contributed by atoms with Crippen LogP contribution in [0.25, 0.3) is 0 Å². The maximum atomic E-state index is 4.30. The van der Waals surface area contributed by atoms with Gasteiger partial charge in [-0.25, -0.2) is 15.0 Å². The summed E-state index contributed by atoms with van der Waals surface area (Å²) in [5.74, 6) is 0.674. The molecular weight excluding hydrogens is 172 g/mol. The quantitative estimate of drug-likeness (QED) is 0.543. The van der Waals surface area contributed by atoms with E-state index in [2.05, 4.69) is 28.0 Å². The lowest BCUT2D eigenvalue weighted by Crippen LogP contribution is -2.43. The Morgan fingerprint density at radius 1 is 1.67 bits per heavy atom. The molecule has 64 valence electrons. The van der Waals surface area contributed by atoms with Crippen molar-refractivity contribution >= 4 is 24.8 Å². The minimum atomic E-state index is -0.536. The summed E-state index contributed by atoms with van der Waals surface area (Å²) >= 11 is 4.30. The van der Waals surface area contributed by atoms with E-state index in [1.165, 1.54) is 0 Å². The zero-order valence-corrected chi connectivity index (χ0v) is 7.84. The molecule has 0 saturated carbocycles. The van der Waals surface area contributed by atoms with Crippen molar-refractivity contribution in [2.75, 3.05) is 0 Å². The second kappa shape index (κ2) is 2.34. The van der Waals surface area contributed by atoms with Crippen LogP contribution in [0, 0.1) is 0 Å². The lowest BCUT2D eigenvalue weighted by Gasteiger charge is -2.23. The number of allylic oxidation sites excluding steroid dienone is 2. The number of nitrogens with zero attached hydrogens (tertiary/aromatic N) is 3. The number of nitrogens with one attached hydrogen (secondary N) is 1. The van der Waals surface area contributed by atoms with Crippen molar-refractivity contribution in [2.45, 2.75) is 18.8 Å². The van der Waals surface area contributed by atoms with Crippen LogP contribution in [0.2, 0.25) is 0 Å². The van der Waals surface area contributed by atoms with Gasteiger partial charge in [-0.15, -0.1) is 12.6 Å². The molecule has 2 aliphatic heterocycles. The molecule has 4 nitrogen and oxygen atoms in total. The average molecular weight is 182 g/mol. The summed E-state index contributed by atoms with van der Waals surface area (Å²) in [5.41, 5.74) is 4.16. The van der Waals surface area contributed by atoms with Gasteiger partial charge >= 0.3 is 0 Å². The zero-order valence-electron chi connectivity index (χ0n) is 6.94. The van der Waals surface area contributed by atoms with Crippen LogP contribution in [0.1, 0.15) is 13.8 Å². The van der Waals surface area contributed by atoms with E-state index in [1.54, 1.807) is 6.21 Å². The fourth-order valence-corrected chi connectivity index (χ4v) is 1.34. The van der Waals surface area contributed by atoms with Crippen LogP contribution in [0.5, 0.6) is 0 Å². The van der Waals surface area contributed by atoms with Gasteiger partial charge in [-0.3, -0.25) is 0 Å². The van der Waals surface area contributed by atoms with Gasteiger partial charge in [0.25, 0.3) is 0 Å². The fourth-order valence-electron chi connectivity index (χ4n) is 1.15. The summed E-state index contributed by atoms with van der Waals surface area (Å²) < 4.78 is 0. The van der Waals surface area contributed by atoms with E-state index in [1.807, 2.05) is 24.9 Å². The highest BCUT2D eigenvalue weighted by atomic mass is 32.1. The second-order valence-electron chi connectivity index (χ2n) is 2.97. The number of aliphatic imine (C=N–C) groups is 2. The normalized spacial score (nSPS) is 33.1. The Balaban J connectivity index is 2.36. The molecule has 0 aromatic rings. The Labute approximate surface area is 76.5 Å². The standard InChI is InChI=1S/C7H10N4S/c1-5-3-4-8-6-9-7(2,12)10-11(5)6/h3-4,10,12H,1-2H3. The van der Waals surface area contributed by atoms with Gasteiger partial charge in [0, 0.05) is 11.9 Å². The van der Waals surface area contributed by atoms with E-state index in [-0.39, 0.29) is 0 Å². The average Bonchev–Trinajstić information content (AvgIpc) is 2.25. The minimum Gasteiger partial charge on any atom is -0.245 e. The van der Waals surface area contributed by atoms with Gasteiger partial charge < -0.3 is 0 Å². The SMILES string of the molecule is CC1=CC=NC2=NC(C)(S)NN12. The Bertz CT molecular complexity index is 303. The van der Waals surface area contributed by atoms with E-state index in [4.69, 9.17) is 0 Å². The molecule has 2 aliphatic rings. The highest BCUT2D eigenvalue weighted by Crippen LogP contribution is 2.23. The third-order valence-corrected chi connectivity index (χ3v) is 1.90. The number of guanidine groups is 1. The molecule has 2 heterocycles. The van der Waals surface area contributed by atoms with E-state index in [0.29, 0.717) is 5.96 Å². The largest absolute Gasteiger partial charge is 0.245 e. The van der Waals surface area contributed by atoms with E-state index >= 15 is 0 Å². The number of thiol groups is 1. The van der Waals surface area contributed by atoms with Crippen molar-refractivity contribution in [1.29, 1.82) is 0 Å². The predicted molar refractivity (Wildman–Crippen MR) is 52.0 cm³/mol. The van der Waals surface area contributed by atoms with Crippen molar-refractivity contribution in [2.24, 2.45) is 9.98 Å². The summed E-state index contributed by atoms with van der Waals surface area (Å²) in [6.45, 7) is 3.87. The highest BCUT2D eigenvalue weighted by Gasteiger charge is 2.32. The molecule has 0 spiro atoms. The monoisotopic (exact) mass is 182 g/mol. The van der Waals surface area contributed by atoms with Crippen LogP contribution in [0.4, 0.5) is 0 Å². The first-order chi connectivity index (χ1) is 5.58. The smallest absolute Gasteiger partial charge is 0.242 e. The molecule has 0 fully saturated rings. The van der Waals surface area contributed by atoms with Gasteiger partial charge in [-0.05, 0) is 19.9 Å². The van der Waals surface area contributed by atoms with Crippen molar-refractivity contribution in [3.05, 3.63) is 11.8 Å². The Hall–Kier alpha value is -0.810. The lowest BCUT2D eigenvalue weighted by atomic mass is 10.4. The van der Waals surface area contributed by atoms with Gasteiger partial charge in [-0.2, -0.15) is 5.43 Å². The molecule has 12 heavy (non-hydrogen) atoms. The van der Waals surface area contributed by atoms with Crippen LogP contribution >= 0.6 is 12.6 Å². The highest BCUT2D eigenvalue weighted by molar-refractivity contribution is 7.81. The van der Waals surface area contributed by atoms with Gasteiger partial charge in [0.2, 0.25) is 5.96 Å². The van der Waals surface area contributed by atoms with E-state index in [9.17, 15) is 0 Å². The topological polar surface area (TPSA) is 40.0 Å². The first kappa shape index (κ1) is 7.82. The van der Waals surface area contributed by atoms with Gasteiger partial charge in [0.1, 0.15) is 0 Å². The fraction of sp³-hybridized carbons (Fsp3) is 0.429. The summed E-state index contributed by atoms with van der Waals surface area (Å²) in [5, 5.41) is 1.83. The molecule has 5 heteroatoms. The van der Waals surface area contributed by atoms with Crippen LogP contribution in [0.3, 0.4) is 0 Å². The molecule has 0 aromatic heterocycles. The minimum absolute atomic E-state index is 0.536. The molecule has 1 N–H and O–H groups in total. The summed E-state index contributed by atoms with van der Waals surface area (Å²) in [6.07, 6.45) is 3.66. The van der Waals surface area contributed by atoms with Crippen molar-refractivity contribution in [1.82, 2.24) is 10.4 Å². The Kier molecular flexibility index (Phi) is 1.52. The maximum Gasteiger partial charge on any atom is 0.242 e. The third-order valence-electron chi connectivity index (χ3n) is 1.70. The number of rotatable bonds is 0. The molecule has 0 aliphatic carbocycles. The van der Waals surface area contributed by atoms with Crippen molar-refractivity contribution in [3.63, 3.8) is 0 Å². The van der Waals surface area contributed by atoms with Crippen LogP contribution in [0.15, 0.2) is 21.8 Å². The van der Waals surface area contributed by atoms with Crippen LogP contribution in [-0.4, -0.2) is 22.2 Å². The zero-order chi connectivity index (χ0) is 8.77. The van der Waals surface area contributed by atoms with Gasteiger partial charge in [0.05, 0.1) is 0 Å². The van der Waals surface area contributed by atoms with Crippen LogP contribution in [-0.2, 0) is 0 Å². The Morgan fingerprint density at radius 3 is 3.08 bits per heavy atom. The molecule has 1 unspecified atom stereocenters. The van der Waals surface area contributed by atoms with Crippen molar-refractivity contribution < 1.29 is 0 Å². The number of fused-ring (bicyclic) bond motifs is 1. The van der Waals surface area contributed by atoms with Crippen LogP contribution < -0.4 is 5.43 Å². The Morgan fingerprint density at radius 2 is 2.42 bits per heavy atom. The predicted octanol–water partition coefficient (Wildman–Crippen LogP) is 0.754. The molecule has 0 amide bonds. The summed E-state index contributed by atoms with van der Waals surface area (Å²) in [4.78, 5) is 7.81. The summed E-state index contributed by atoms with van der Waals surface area (Å²) in [6, 6.07) is 0. The molecule has 0 saturated heterocycles. The first-order valence-electron chi connectivity index (χ1n) is 3.70. The molecule has 2 rings (SSSR count). The second-order valence-corrected chi connectivity index (χ2v) is 3.84. The van der Waals surface area contributed by atoms with Gasteiger partial charge in [-0.1, -0.05) is 0 Å². The molecule has 0 radical (unpaired) electrons. The third kappa shape index (κ3) is 1.15. The first-order valence-corrected chi connectivity index (χ1v) is 4.14. The number of hydrazine groups is 1. The van der Waals surface area contributed by atoms with Gasteiger partial charge in [0.15, 0.2) is 4.99 Å². The molecule has 0 aromatic carbocycles. The van der Waals surface area contributed by atoms with E-state index < -0.39 is 4.99 Å². The number of hydrogen-bond donors (Lipinski definition) is 2. The number of hydrogen-bond acceptors (Lipinski definition) is 5. The van der Waals surface area contributed by atoms with E-state index in [0.717, 1.165) is 5.70 Å². The molecular formula is C7H10N4S. The van der Waals surface area contributed by atoms with Crippen molar-refractivity contribution in [3.8, 4) is 0 Å².